The third-order valence-corrected chi connectivity index (χ3v) is 6.93. The van der Waals surface area contributed by atoms with Crippen molar-refractivity contribution in [3.8, 4) is 0 Å². The van der Waals surface area contributed by atoms with E-state index in [1.807, 2.05) is 0 Å². The number of Topliss-reactive ketones (excluding diaryl/α,β-unsaturated/α-hetero) is 2. The SMILES string of the molecule is COP1(OC)(OC)O[C@](C)(C(C)=O)[C@@](C)(C(C)=O)O1. The molecule has 1 saturated heterocycles. The molecular formula is C11H21O7P. The van der Waals surface area contributed by atoms with Crippen LogP contribution in [-0.2, 0) is 32.2 Å². The van der Waals surface area contributed by atoms with Crippen LogP contribution >= 0.6 is 7.74 Å². The molecule has 0 saturated carbocycles. The van der Waals surface area contributed by atoms with Crippen molar-refractivity contribution >= 4 is 19.3 Å². The number of carbonyl (C=O) groups is 2. The van der Waals surface area contributed by atoms with Gasteiger partial charge in [0.25, 0.3) is 0 Å². The van der Waals surface area contributed by atoms with Gasteiger partial charge in [-0.25, -0.2) is 0 Å². The van der Waals surface area contributed by atoms with Crippen LogP contribution in [0.4, 0.5) is 0 Å². The van der Waals surface area contributed by atoms with E-state index in [2.05, 4.69) is 0 Å². The second-order valence-corrected chi connectivity index (χ2v) is 7.61. The maximum atomic E-state index is 12.0. The van der Waals surface area contributed by atoms with E-state index in [0.29, 0.717) is 0 Å². The quantitative estimate of drug-likeness (QED) is 0.715. The molecule has 0 aromatic heterocycles. The van der Waals surface area contributed by atoms with Crippen LogP contribution in [0.1, 0.15) is 27.7 Å². The standard InChI is InChI=1S/C11H21O7P/c1-8(12)10(3)11(4,9(2)13)18-19(14-5,15-6,16-7)17-10/h1-7H3/t10-,11-/m1/s1. The molecule has 0 amide bonds. The van der Waals surface area contributed by atoms with Gasteiger partial charge in [-0.3, -0.25) is 0 Å². The van der Waals surface area contributed by atoms with Crippen molar-refractivity contribution in [2.24, 2.45) is 0 Å². The van der Waals surface area contributed by atoms with Crippen LogP contribution < -0.4 is 0 Å². The van der Waals surface area contributed by atoms with Crippen molar-refractivity contribution in [1.82, 2.24) is 0 Å². The first-order valence-electron chi connectivity index (χ1n) is 5.70. The topological polar surface area (TPSA) is 80.3 Å². The summed E-state index contributed by atoms with van der Waals surface area (Å²) in [6.07, 6.45) is 0. The molecule has 0 aliphatic carbocycles. The Hall–Kier alpha value is -0.430. The molecule has 0 radical (unpaired) electrons. The van der Waals surface area contributed by atoms with Gasteiger partial charge in [0, 0.05) is 0 Å². The Kier molecular flexibility index (Phi) is 3.98. The van der Waals surface area contributed by atoms with E-state index in [9.17, 15) is 9.59 Å². The van der Waals surface area contributed by atoms with E-state index in [1.54, 1.807) is 0 Å². The van der Waals surface area contributed by atoms with Gasteiger partial charge in [-0.2, -0.15) is 0 Å². The van der Waals surface area contributed by atoms with Crippen LogP contribution in [0.3, 0.4) is 0 Å². The summed E-state index contributed by atoms with van der Waals surface area (Å²) < 4.78 is 27.0. The molecule has 0 aromatic rings. The van der Waals surface area contributed by atoms with Crippen LogP contribution in [0.5, 0.6) is 0 Å². The minimum atomic E-state index is -4.43. The molecular weight excluding hydrogens is 275 g/mol. The minimum absolute atomic E-state index is 0.386. The van der Waals surface area contributed by atoms with Gasteiger partial charge in [0.15, 0.2) is 0 Å². The van der Waals surface area contributed by atoms with Gasteiger partial charge in [-0.1, -0.05) is 0 Å². The summed E-state index contributed by atoms with van der Waals surface area (Å²) in [5, 5.41) is 0. The van der Waals surface area contributed by atoms with Crippen LogP contribution in [-0.4, -0.2) is 44.1 Å². The molecule has 0 unspecified atom stereocenters. The van der Waals surface area contributed by atoms with Gasteiger partial charge in [0.05, 0.1) is 0 Å². The number of carbonyl (C=O) groups excluding carboxylic acids is 2. The zero-order valence-electron chi connectivity index (χ0n) is 12.3. The molecule has 112 valence electrons. The number of rotatable bonds is 5. The fourth-order valence-corrected chi connectivity index (χ4v) is 4.77. The molecule has 1 heterocycles. The predicted octanol–water partition coefficient (Wildman–Crippen LogP) is 1.80. The second-order valence-electron chi connectivity index (χ2n) is 4.65. The fourth-order valence-electron chi connectivity index (χ4n) is 2.04. The summed E-state index contributed by atoms with van der Waals surface area (Å²) in [7, 11) is -0.600. The summed E-state index contributed by atoms with van der Waals surface area (Å²) in [5.41, 5.74) is -3.11. The first-order chi connectivity index (χ1) is 8.55. The third-order valence-electron chi connectivity index (χ3n) is 3.81. The summed E-state index contributed by atoms with van der Waals surface area (Å²) >= 11 is 0. The van der Waals surface area contributed by atoms with Crippen molar-refractivity contribution in [3.05, 3.63) is 0 Å². The number of hydrogen-bond donors (Lipinski definition) is 0. The van der Waals surface area contributed by atoms with Crippen molar-refractivity contribution in [2.75, 3.05) is 21.3 Å². The van der Waals surface area contributed by atoms with Crippen LogP contribution in [0.2, 0.25) is 0 Å². The summed E-state index contributed by atoms with van der Waals surface area (Å²) in [4.78, 5) is 23.9. The Morgan fingerprint density at radius 1 is 0.842 bits per heavy atom. The monoisotopic (exact) mass is 296 g/mol. The molecule has 1 fully saturated rings. The number of ketones is 2. The average Bonchev–Trinajstić information content (AvgIpc) is 2.60. The van der Waals surface area contributed by atoms with E-state index in [1.165, 1.54) is 49.0 Å². The predicted molar refractivity (Wildman–Crippen MR) is 68.3 cm³/mol. The molecule has 2 atom stereocenters. The molecule has 8 heteroatoms. The van der Waals surface area contributed by atoms with Crippen LogP contribution in [0, 0.1) is 0 Å². The first kappa shape index (κ1) is 16.6. The molecule has 1 rings (SSSR count). The van der Waals surface area contributed by atoms with E-state index in [-0.39, 0.29) is 11.6 Å². The van der Waals surface area contributed by atoms with Crippen molar-refractivity contribution in [3.63, 3.8) is 0 Å². The van der Waals surface area contributed by atoms with E-state index >= 15 is 0 Å². The van der Waals surface area contributed by atoms with Gasteiger partial charge >= 0.3 is 112 Å². The van der Waals surface area contributed by atoms with Crippen LogP contribution in [0.25, 0.3) is 0 Å². The molecule has 19 heavy (non-hydrogen) atoms. The molecule has 1 aliphatic rings. The third kappa shape index (κ3) is 1.96. The van der Waals surface area contributed by atoms with Crippen molar-refractivity contribution in [1.29, 1.82) is 0 Å². The van der Waals surface area contributed by atoms with E-state index < -0.39 is 18.9 Å². The Morgan fingerprint density at radius 3 is 1.26 bits per heavy atom. The zero-order chi connectivity index (χ0) is 15.1. The Morgan fingerprint density at radius 2 is 1.11 bits per heavy atom. The van der Waals surface area contributed by atoms with Crippen molar-refractivity contribution < 1.29 is 32.2 Å². The first-order valence-corrected chi connectivity index (χ1v) is 7.53. The molecule has 1 aliphatic heterocycles. The van der Waals surface area contributed by atoms with Gasteiger partial charge in [0.2, 0.25) is 0 Å². The Balaban J connectivity index is 3.53. The van der Waals surface area contributed by atoms with Gasteiger partial charge in [0.1, 0.15) is 0 Å². The molecule has 0 spiro atoms. The maximum absolute atomic E-state index is 12.0. The van der Waals surface area contributed by atoms with Crippen molar-refractivity contribution in [2.45, 2.75) is 38.9 Å². The molecule has 0 N–H and O–H groups in total. The molecule has 0 aromatic carbocycles. The summed E-state index contributed by atoms with van der Waals surface area (Å²) in [6.45, 7) is 5.54. The van der Waals surface area contributed by atoms with Gasteiger partial charge in [-0.15, -0.1) is 0 Å². The molecule has 0 bridgehead atoms. The van der Waals surface area contributed by atoms with E-state index in [0.717, 1.165) is 0 Å². The second kappa shape index (κ2) is 4.55. The number of hydrogen-bond acceptors (Lipinski definition) is 7. The average molecular weight is 296 g/mol. The summed E-state index contributed by atoms with van der Waals surface area (Å²) in [6, 6.07) is 0. The van der Waals surface area contributed by atoms with Gasteiger partial charge < -0.3 is 0 Å². The normalized spacial score (nSPS) is 38.4. The zero-order valence-corrected chi connectivity index (χ0v) is 13.2. The Labute approximate surface area is 112 Å². The fraction of sp³-hybridized carbons (Fsp3) is 0.818. The van der Waals surface area contributed by atoms with Crippen LogP contribution in [0.15, 0.2) is 0 Å². The summed E-state index contributed by atoms with van der Waals surface area (Å²) in [5.74, 6) is -0.772. The molecule has 7 nitrogen and oxygen atoms in total. The Bertz CT molecular complexity index is 376. The van der Waals surface area contributed by atoms with Gasteiger partial charge in [-0.05, 0) is 0 Å². The van der Waals surface area contributed by atoms with E-state index in [4.69, 9.17) is 22.6 Å².